The van der Waals surface area contributed by atoms with Crippen LogP contribution in [0.4, 0.5) is 0 Å². The van der Waals surface area contributed by atoms with Gasteiger partial charge in [0.2, 0.25) is 0 Å². The highest BCUT2D eigenvalue weighted by molar-refractivity contribution is 7.51. The molecule has 0 nitrogen and oxygen atoms in total. The molecule has 1 aliphatic heterocycles. The average molecular weight is 239 g/mol. The molecule has 0 radical (unpaired) electrons. The molecule has 0 unspecified atom stereocenters. The predicted octanol–water partition coefficient (Wildman–Crippen LogP) is 3.06. The van der Waals surface area contributed by atoms with Gasteiger partial charge in [0.15, 0.2) is 0 Å². The summed E-state index contributed by atoms with van der Waals surface area (Å²) in [5, 5.41) is 3.75. The molecule has 70 valence electrons. The Labute approximate surface area is 92.9 Å². The maximum Gasteiger partial charge on any atom is 0.285 e. The van der Waals surface area contributed by atoms with Crippen molar-refractivity contribution >= 4 is 44.8 Å². The van der Waals surface area contributed by atoms with Crippen LogP contribution >= 0.6 is 22.2 Å². The lowest BCUT2D eigenvalue weighted by atomic mass is 10.1. The summed E-state index contributed by atoms with van der Waals surface area (Å²) in [6.07, 6.45) is 0. The van der Waals surface area contributed by atoms with Gasteiger partial charge in [0, 0.05) is 0 Å². The van der Waals surface area contributed by atoms with Gasteiger partial charge in [-0.3, -0.25) is 0 Å². The zero-order chi connectivity index (χ0) is 9.76. The second-order valence-electron chi connectivity index (χ2n) is 3.70. The lowest BCUT2D eigenvalue weighted by Gasteiger charge is -2.09. The molecule has 0 saturated carbocycles. The lowest BCUT2D eigenvalue weighted by Crippen LogP contribution is -2.34. The Morgan fingerprint density at radius 1 is 1.00 bits per heavy atom. The fraction of sp³-hybridized carbons (Fsp3) is 0.0909. The van der Waals surface area contributed by atoms with E-state index in [9.17, 15) is 0 Å². The van der Waals surface area contributed by atoms with Crippen LogP contribution in [0, 0.1) is 0 Å². The standard InChI is InChI=1S/C11H8Cl2Si/c12-14(13)7-9-5-1-3-8-4-2-6-10(14)11(8)9/h1-6H,7H2. The van der Waals surface area contributed by atoms with Crippen LogP contribution in [0.25, 0.3) is 10.8 Å². The SMILES string of the molecule is Cl[Si]1(Cl)Cc2cccc3cccc1c23. The first kappa shape index (κ1) is 8.78. The topological polar surface area (TPSA) is 0 Å². The van der Waals surface area contributed by atoms with E-state index in [1.807, 2.05) is 6.07 Å². The van der Waals surface area contributed by atoms with Gasteiger partial charge in [-0.2, -0.15) is 0 Å². The Morgan fingerprint density at radius 2 is 1.71 bits per heavy atom. The van der Waals surface area contributed by atoms with E-state index in [-0.39, 0.29) is 0 Å². The van der Waals surface area contributed by atoms with Gasteiger partial charge in [-0.1, -0.05) is 36.4 Å². The number of hydrogen-bond acceptors (Lipinski definition) is 0. The summed E-state index contributed by atoms with van der Waals surface area (Å²) in [6, 6.07) is 13.4. The van der Waals surface area contributed by atoms with Crippen LogP contribution in [-0.2, 0) is 6.04 Å². The van der Waals surface area contributed by atoms with Crippen molar-refractivity contribution in [3.63, 3.8) is 0 Å². The zero-order valence-electron chi connectivity index (χ0n) is 7.43. The van der Waals surface area contributed by atoms with Crippen molar-refractivity contribution in [2.75, 3.05) is 0 Å². The normalized spacial score (nSPS) is 17.6. The van der Waals surface area contributed by atoms with E-state index in [1.165, 1.54) is 21.5 Å². The van der Waals surface area contributed by atoms with E-state index in [2.05, 4.69) is 30.3 Å². The minimum Gasteiger partial charge on any atom is -0.139 e. The van der Waals surface area contributed by atoms with E-state index in [0.717, 1.165) is 6.04 Å². The average Bonchev–Trinajstić information content (AvgIpc) is 2.41. The fourth-order valence-electron chi connectivity index (χ4n) is 2.21. The summed E-state index contributed by atoms with van der Waals surface area (Å²) >= 11 is 12.8. The first-order valence-electron chi connectivity index (χ1n) is 4.57. The van der Waals surface area contributed by atoms with Crippen LogP contribution in [0.2, 0.25) is 0 Å². The largest absolute Gasteiger partial charge is 0.285 e. The van der Waals surface area contributed by atoms with E-state index in [0.29, 0.717) is 0 Å². The molecule has 0 bridgehead atoms. The quantitative estimate of drug-likeness (QED) is 0.489. The van der Waals surface area contributed by atoms with Gasteiger partial charge < -0.3 is 0 Å². The van der Waals surface area contributed by atoms with E-state index < -0.39 is 6.69 Å². The maximum absolute atomic E-state index is 6.41. The molecule has 0 N–H and O–H groups in total. The van der Waals surface area contributed by atoms with Crippen molar-refractivity contribution in [3.05, 3.63) is 42.0 Å². The number of rotatable bonds is 0. The van der Waals surface area contributed by atoms with Crippen LogP contribution in [0.15, 0.2) is 36.4 Å². The second kappa shape index (κ2) is 2.75. The molecule has 0 spiro atoms. The van der Waals surface area contributed by atoms with Gasteiger partial charge >= 0.3 is 0 Å². The molecule has 14 heavy (non-hydrogen) atoms. The van der Waals surface area contributed by atoms with Crippen molar-refractivity contribution in [1.29, 1.82) is 0 Å². The molecule has 0 fully saturated rings. The highest BCUT2D eigenvalue weighted by atomic mass is 35.7. The summed E-state index contributed by atoms with van der Waals surface area (Å²) < 4.78 is 0. The van der Waals surface area contributed by atoms with Crippen molar-refractivity contribution in [2.45, 2.75) is 6.04 Å². The van der Waals surface area contributed by atoms with Crippen molar-refractivity contribution in [3.8, 4) is 0 Å². The Kier molecular flexibility index (Phi) is 1.73. The Morgan fingerprint density at radius 3 is 2.50 bits per heavy atom. The highest BCUT2D eigenvalue weighted by Gasteiger charge is 2.38. The summed E-state index contributed by atoms with van der Waals surface area (Å²) in [5.41, 5.74) is 1.31. The maximum atomic E-state index is 6.41. The molecule has 2 aromatic carbocycles. The first-order chi connectivity index (χ1) is 6.68. The van der Waals surface area contributed by atoms with Crippen molar-refractivity contribution in [1.82, 2.24) is 0 Å². The molecular weight excluding hydrogens is 231 g/mol. The molecule has 2 aromatic rings. The molecule has 0 saturated heterocycles. The molecule has 1 aliphatic rings. The number of hydrogen-bond donors (Lipinski definition) is 0. The first-order valence-corrected chi connectivity index (χ1v) is 8.80. The van der Waals surface area contributed by atoms with E-state index >= 15 is 0 Å². The third kappa shape index (κ3) is 1.06. The third-order valence-corrected chi connectivity index (χ3v) is 6.85. The number of halogens is 2. The van der Waals surface area contributed by atoms with Crippen molar-refractivity contribution in [2.24, 2.45) is 0 Å². The van der Waals surface area contributed by atoms with Crippen LogP contribution in [0.5, 0.6) is 0 Å². The minimum atomic E-state index is -2.20. The molecule has 0 amide bonds. The van der Waals surface area contributed by atoms with Gasteiger partial charge in [0.25, 0.3) is 6.69 Å². The van der Waals surface area contributed by atoms with Gasteiger partial charge in [-0.25, -0.2) is 0 Å². The summed E-state index contributed by atoms with van der Waals surface area (Å²) in [6.45, 7) is -2.20. The molecule has 3 heteroatoms. The third-order valence-electron chi connectivity index (χ3n) is 2.80. The molecule has 0 atom stereocenters. The fourth-order valence-corrected chi connectivity index (χ4v) is 5.99. The number of benzene rings is 2. The van der Waals surface area contributed by atoms with Gasteiger partial charge in [0.1, 0.15) is 0 Å². The Balaban J connectivity index is 2.50. The van der Waals surface area contributed by atoms with E-state index in [4.69, 9.17) is 22.2 Å². The second-order valence-corrected chi connectivity index (χ2v) is 10.5. The summed E-state index contributed by atoms with van der Waals surface area (Å²) in [4.78, 5) is 0. The van der Waals surface area contributed by atoms with Crippen LogP contribution in [0.3, 0.4) is 0 Å². The molecule has 0 aromatic heterocycles. The zero-order valence-corrected chi connectivity index (χ0v) is 9.94. The molecule has 0 aliphatic carbocycles. The smallest absolute Gasteiger partial charge is 0.139 e. The van der Waals surface area contributed by atoms with Crippen LogP contribution < -0.4 is 5.19 Å². The Bertz CT molecular complexity index is 514. The molecular formula is C11H8Cl2Si. The van der Waals surface area contributed by atoms with Gasteiger partial charge in [-0.15, -0.1) is 22.2 Å². The minimum absolute atomic E-state index is 0.854. The predicted molar refractivity (Wildman–Crippen MR) is 64.7 cm³/mol. The van der Waals surface area contributed by atoms with E-state index in [1.54, 1.807) is 0 Å². The molecule has 1 heterocycles. The monoisotopic (exact) mass is 238 g/mol. The van der Waals surface area contributed by atoms with Gasteiger partial charge in [-0.05, 0) is 27.6 Å². The van der Waals surface area contributed by atoms with Crippen molar-refractivity contribution < 1.29 is 0 Å². The van der Waals surface area contributed by atoms with Gasteiger partial charge in [0.05, 0.1) is 0 Å². The summed E-state index contributed by atoms with van der Waals surface area (Å²) in [5.74, 6) is 0. The van der Waals surface area contributed by atoms with Crippen LogP contribution in [0.1, 0.15) is 5.56 Å². The van der Waals surface area contributed by atoms with Crippen LogP contribution in [-0.4, -0.2) is 6.69 Å². The lowest BCUT2D eigenvalue weighted by molar-refractivity contribution is 1.46. The highest BCUT2D eigenvalue weighted by Crippen LogP contribution is 2.33. The molecule has 3 rings (SSSR count). The Hall–Kier alpha value is -0.503. The summed E-state index contributed by atoms with van der Waals surface area (Å²) in [7, 11) is 0.